The van der Waals surface area contributed by atoms with Crippen LogP contribution in [0.25, 0.3) is 0 Å². The first-order valence-electron chi connectivity index (χ1n) is 5.12. The van der Waals surface area contributed by atoms with Gasteiger partial charge in [0.15, 0.2) is 5.82 Å². The van der Waals surface area contributed by atoms with Gasteiger partial charge in [-0.05, 0) is 28.5 Å². The Morgan fingerprint density at radius 3 is 3.00 bits per heavy atom. The van der Waals surface area contributed by atoms with E-state index < -0.39 is 0 Å². The Bertz CT molecular complexity index is 544. The maximum absolute atomic E-state index is 11.8. The highest BCUT2D eigenvalue weighted by Gasteiger charge is 2.09. The summed E-state index contributed by atoms with van der Waals surface area (Å²) in [6.45, 7) is 0.483. The van der Waals surface area contributed by atoms with E-state index in [0.29, 0.717) is 22.9 Å². The molecular formula is C11H11ClN4OS. The third-order valence-corrected chi connectivity index (χ3v) is 3.29. The van der Waals surface area contributed by atoms with Gasteiger partial charge in [-0.2, -0.15) is 11.3 Å². The maximum atomic E-state index is 11.8. The fourth-order valence-electron chi connectivity index (χ4n) is 1.35. The molecule has 2 aromatic heterocycles. The quantitative estimate of drug-likeness (QED) is 0.592. The summed E-state index contributed by atoms with van der Waals surface area (Å²) in [6.07, 6.45) is 1.42. The lowest BCUT2D eigenvalue weighted by Crippen LogP contribution is -2.23. The number of hydrogen-bond acceptors (Lipinski definition) is 5. The Morgan fingerprint density at radius 1 is 1.56 bits per heavy atom. The molecule has 94 valence electrons. The van der Waals surface area contributed by atoms with Crippen LogP contribution in [-0.4, -0.2) is 10.9 Å². The van der Waals surface area contributed by atoms with Crippen LogP contribution in [0.2, 0.25) is 5.02 Å². The lowest BCUT2D eigenvalue weighted by atomic mass is 10.2. The number of pyridine rings is 1. The summed E-state index contributed by atoms with van der Waals surface area (Å²) in [4.78, 5) is 15.8. The van der Waals surface area contributed by atoms with Crippen LogP contribution < -0.4 is 16.6 Å². The summed E-state index contributed by atoms with van der Waals surface area (Å²) in [7, 11) is 0. The molecule has 0 atom stereocenters. The van der Waals surface area contributed by atoms with E-state index in [4.69, 9.17) is 17.4 Å². The highest BCUT2D eigenvalue weighted by Crippen LogP contribution is 2.18. The number of carbonyl (C=O) groups excluding carboxylic acids is 1. The molecule has 0 bridgehead atoms. The van der Waals surface area contributed by atoms with E-state index in [1.807, 2.05) is 16.8 Å². The number of nitrogens with one attached hydrogen (secondary N) is 2. The van der Waals surface area contributed by atoms with Crippen LogP contribution in [0, 0.1) is 0 Å². The van der Waals surface area contributed by atoms with Gasteiger partial charge in [-0.1, -0.05) is 11.6 Å². The molecule has 1 amide bonds. The van der Waals surface area contributed by atoms with Gasteiger partial charge in [0.2, 0.25) is 0 Å². The number of hydrogen-bond donors (Lipinski definition) is 3. The van der Waals surface area contributed by atoms with Crippen LogP contribution >= 0.6 is 22.9 Å². The molecule has 0 fully saturated rings. The number of nitrogens with zero attached hydrogens (tertiary/aromatic N) is 1. The summed E-state index contributed by atoms with van der Waals surface area (Å²) >= 11 is 7.48. The molecule has 0 aromatic carbocycles. The Labute approximate surface area is 113 Å². The number of hydrazine groups is 1. The van der Waals surface area contributed by atoms with Crippen LogP contribution in [0.1, 0.15) is 15.9 Å². The number of aromatic nitrogens is 1. The first-order chi connectivity index (χ1) is 8.70. The van der Waals surface area contributed by atoms with Gasteiger partial charge in [-0.3, -0.25) is 4.79 Å². The molecular weight excluding hydrogens is 272 g/mol. The minimum Gasteiger partial charge on any atom is -0.348 e. The summed E-state index contributed by atoms with van der Waals surface area (Å²) in [5.41, 5.74) is 3.80. The van der Waals surface area contributed by atoms with Crippen molar-refractivity contribution in [1.29, 1.82) is 0 Å². The average Bonchev–Trinajstić information content (AvgIpc) is 2.89. The Hall–Kier alpha value is -1.63. The van der Waals surface area contributed by atoms with Crippen LogP contribution in [-0.2, 0) is 6.54 Å². The van der Waals surface area contributed by atoms with Crippen LogP contribution in [0.15, 0.2) is 29.1 Å². The molecule has 2 aromatic rings. The normalized spacial score (nSPS) is 10.1. The molecule has 18 heavy (non-hydrogen) atoms. The first-order valence-corrected chi connectivity index (χ1v) is 6.44. The predicted molar refractivity (Wildman–Crippen MR) is 72.5 cm³/mol. The molecule has 0 saturated heterocycles. The van der Waals surface area contributed by atoms with E-state index >= 15 is 0 Å². The second kappa shape index (κ2) is 5.81. The van der Waals surface area contributed by atoms with Crippen molar-refractivity contribution < 1.29 is 4.79 Å². The van der Waals surface area contributed by atoms with Gasteiger partial charge in [-0.25, -0.2) is 10.8 Å². The summed E-state index contributed by atoms with van der Waals surface area (Å²) in [6, 6.07) is 3.48. The van der Waals surface area contributed by atoms with Crippen molar-refractivity contribution in [3.05, 3.63) is 45.2 Å². The van der Waals surface area contributed by atoms with Gasteiger partial charge in [-0.15, -0.1) is 0 Å². The lowest BCUT2D eigenvalue weighted by Gasteiger charge is -2.06. The van der Waals surface area contributed by atoms with Crippen LogP contribution in [0.4, 0.5) is 5.82 Å². The van der Waals surface area contributed by atoms with Gasteiger partial charge < -0.3 is 10.7 Å². The highest BCUT2D eigenvalue weighted by atomic mass is 35.5. The number of rotatable bonds is 4. The molecule has 4 N–H and O–H groups in total. The van der Waals surface area contributed by atoms with Crippen molar-refractivity contribution in [1.82, 2.24) is 10.3 Å². The Kier molecular flexibility index (Phi) is 4.14. The zero-order valence-corrected chi connectivity index (χ0v) is 10.9. The maximum Gasteiger partial charge on any atom is 0.253 e. The summed E-state index contributed by atoms with van der Waals surface area (Å²) in [5.74, 6) is 5.32. The standard InChI is InChI=1S/C11H11ClN4OS/c12-9-3-8(5-14-10(9)16-13)11(17)15-4-7-1-2-18-6-7/h1-3,5-6H,4,13H2,(H,14,16)(H,15,17). The van der Waals surface area contributed by atoms with Crippen LogP contribution in [0.5, 0.6) is 0 Å². The predicted octanol–water partition coefficient (Wildman–Crippen LogP) is 2.01. The van der Waals surface area contributed by atoms with E-state index in [1.54, 1.807) is 11.3 Å². The number of nitrogens with two attached hydrogens (primary N) is 1. The number of thiophene rings is 1. The molecule has 2 heterocycles. The third-order valence-electron chi connectivity index (χ3n) is 2.27. The van der Waals surface area contributed by atoms with Gasteiger partial charge >= 0.3 is 0 Å². The molecule has 0 saturated carbocycles. The second-order valence-corrected chi connectivity index (χ2v) is 4.70. The minimum absolute atomic E-state index is 0.223. The molecule has 0 aliphatic rings. The van der Waals surface area contributed by atoms with Gasteiger partial charge in [0.1, 0.15) is 0 Å². The summed E-state index contributed by atoms with van der Waals surface area (Å²) < 4.78 is 0. The molecule has 0 radical (unpaired) electrons. The first kappa shape index (κ1) is 12.8. The second-order valence-electron chi connectivity index (χ2n) is 3.51. The molecule has 0 aliphatic heterocycles. The highest BCUT2D eigenvalue weighted by molar-refractivity contribution is 7.07. The van der Waals surface area contributed by atoms with E-state index in [9.17, 15) is 4.79 Å². The molecule has 5 nitrogen and oxygen atoms in total. The zero-order valence-electron chi connectivity index (χ0n) is 9.31. The monoisotopic (exact) mass is 282 g/mol. The van der Waals surface area contributed by atoms with Crippen LogP contribution in [0.3, 0.4) is 0 Å². The zero-order chi connectivity index (χ0) is 13.0. The smallest absolute Gasteiger partial charge is 0.253 e. The largest absolute Gasteiger partial charge is 0.348 e. The average molecular weight is 283 g/mol. The van der Waals surface area contributed by atoms with Gasteiger partial charge in [0.05, 0.1) is 10.6 Å². The number of halogens is 1. The van der Waals surface area contributed by atoms with Crippen molar-refractivity contribution in [2.24, 2.45) is 5.84 Å². The minimum atomic E-state index is -0.223. The number of carbonyl (C=O) groups is 1. The number of amides is 1. The third kappa shape index (κ3) is 2.98. The van der Waals surface area contributed by atoms with Gasteiger partial charge in [0, 0.05) is 12.7 Å². The fraction of sp³-hybridized carbons (Fsp3) is 0.0909. The molecule has 0 unspecified atom stereocenters. The van der Waals surface area contributed by atoms with Crippen molar-refractivity contribution in [3.8, 4) is 0 Å². The van der Waals surface area contributed by atoms with Crippen molar-refractivity contribution in [2.75, 3.05) is 5.43 Å². The molecule has 7 heteroatoms. The SMILES string of the molecule is NNc1ncc(C(=O)NCc2ccsc2)cc1Cl. The van der Waals surface area contributed by atoms with E-state index in [0.717, 1.165) is 5.56 Å². The van der Waals surface area contributed by atoms with Crippen molar-refractivity contribution >= 4 is 34.7 Å². The molecule has 0 spiro atoms. The van der Waals surface area contributed by atoms with Crippen molar-refractivity contribution in [2.45, 2.75) is 6.54 Å². The fourth-order valence-corrected chi connectivity index (χ4v) is 2.24. The number of anilines is 1. The Morgan fingerprint density at radius 2 is 2.39 bits per heavy atom. The van der Waals surface area contributed by atoms with Crippen molar-refractivity contribution in [3.63, 3.8) is 0 Å². The molecule has 2 rings (SSSR count). The molecule has 0 aliphatic carbocycles. The van der Waals surface area contributed by atoms with E-state index in [2.05, 4.69) is 15.7 Å². The topological polar surface area (TPSA) is 80.0 Å². The number of nitrogen functional groups attached to an aromatic ring is 1. The van der Waals surface area contributed by atoms with Gasteiger partial charge in [0.25, 0.3) is 5.91 Å². The lowest BCUT2D eigenvalue weighted by molar-refractivity contribution is 0.0950. The Balaban J connectivity index is 2.02. The van der Waals surface area contributed by atoms with E-state index in [-0.39, 0.29) is 5.91 Å². The van der Waals surface area contributed by atoms with E-state index in [1.165, 1.54) is 12.3 Å². The summed E-state index contributed by atoms with van der Waals surface area (Å²) in [5, 5.41) is 7.03.